The van der Waals surface area contributed by atoms with Crippen molar-refractivity contribution in [2.75, 3.05) is 18.0 Å². The fraction of sp³-hybridized carbons (Fsp3) is 0.529. The Balaban J connectivity index is 2.53. The van der Waals surface area contributed by atoms with Gasteiger partial charge in [-0.25, -0.2) is 9.97 Å². The van der Waals surface area contributed by atoms with E-state index in [1.165, 1.54) is 12.8 Å². The van der Waals surface area contributed by atoms with Gasteiger partial charge in [-0.3, -0.25) is 0 Å². The molecule has 0 aliphatic heterocycles. The van der Waals surface area contributed by atoms with E-state index in [4.69, 9.17) is 9.97 Å². The largest absolute Gasteiger partial charge is 0.356 e. The van der Waals surface area contributed by atoms with Gasteiger partial charge in [0.2, 0.25) is 0 Å². The molecule has 0 atom stereocenters. The van der Waals surface area contributed by atoms with E-state index in [9.17, 15) is 0 Å². The second-order valence-electron chi connectivity index (χ2n) is 5.51. The monoisotopic (exact) mass is 271 g/mol. The summed E-state index contributed by atoms with van der Waals surface area (Å²) in [5.41, 5.74) is 1.05. The number of rotatable bonds is 6. The first-order valence-corrected chi connectivity index (χ1v) is 7.69. The van der Waals surface area contributed by atoms with Crippen LogP contribution < -0.4 is 4.90 Å². The standard InChI is InChI=1S/C17H25N3/c1-5-7-12-20(6-2)17-14-10-8-9-11-15(14)18-16(19-17)13(3)4/h8-11,13H,5-7,12H2,1-4H3. The molecule has 0 aliphatic carbocycles. The number of nitrogens with zero attached hydrogens (tertiary/aromatic N) is 3. The second-order valence-corrected chi connectivity index (χ2v) is 5.51. The summed E-state index contributed by atoms with van der Waals surface area (Å²) in [5.74, 6) is 2.38. The fourth-order valence-corrected chi connectivity index (χ4v) is 2.34. The topological polar surface area (TPSA) is 29.0 Å². The van der Waals surface area contributed by atoms with Gasteiger partial charge in [0.1, 0.15) is 11.6 Å². The molecule has 0 fully saturated rings. The molecule has 2 aromatic rings. The van der Waals surface area contributed by atoms with Crippen LogP contribution in [0.1, 0.15) is 52.3 Å². The zero-order chi connectivity index (χ0) is 14.5. The second kappa shape index (κ2) is 6.69. The van der Waals surface area contributed by atoms with Crippen LogP contribution in [0, 0.1) is 0 Å². The molecule has 20 heavy (non-hydrogen) atoms. The summed E-state index contributed by atoms with van der Waals surface area (Å²) >= 11 is 0. The molecule has 0 radical (unpaired) electrons. The Hall–Kier alpha value is -1.64. The first-order chi connectivity index (χ1) is 9.67. The van der Waals surface area contributed by atoms with Gasteiger partial charge in [0.25, 0.3) is 0 Å². The average Bonchev–Trinajstić information content (AvgIpc) is 2.47. The first-order valence-electron chi connectivity index (χ1n) is 7.69. The molecule has 0 bridgehead atoms. The van der Waals surface area contributed by atoms with Crippen molar-refractivity contribution in [1.29, 1.82) is 0 Å². The molecule has 1 heterocycles. The maximum absolute atomic E-state index is 4.84. The Labute approximate surface area is 122 Å². The number of fused-ring (bicyclic) bond motifs is 1. The highest BCUT2D eigenvalue weighted by Crippen LogP contribution is 2.26. The molecule has 3 nitrogen and oxygen atoms in total. The minimum Gasteiger partial charge on any atom is -0.356 e. The molecule has 0 spiro atoms. The molecule has 0 unspecified atom stereocenters. The summed E-state index contributed by atoms with van der Waals surface area (Å²) in [7, 11) is 0. The van der Waals surface area contributed by atoms with Gasteiger partial charge in [0, 0.05) is 24.4 Å². The number of aromatic nitrogens is 2. The molecule has 0 saturated heterocycles. The lowest BCUT2D eigenvalue weighted by molar-refractivity contribution is 0.714. The SMILES string of the molecule is CCCCN(CC)c1nc(C(C)C)nc2ccccc12. The first kappa shape index (κ1) is 14.8. The van der Waals surface area contributed by atoms with Gasteiger partial charge >= 0.3 is 0 Å². The quantitative estimate of drug-likeness (QED) is 0.780. The Morgan fingerprint density at radius 2 is 1.85 bits per heavy atom. The van der Waals surface area contributed by atoms with E-state index in [-0.39, 0.29) is 0 Å². The molecule has 0 N–H and O–H groups in total. The Kier molecular flexibility index (Phi) is 4.94. The molecule has 0 amide bonds. The van der Waals surface area contributed by atoms with E-state index in [2.05, 4.69) is 50.8 Å². The molecular weight excluding hydrogens is 246 g/mol. The van der Waals surface area contributed by atoms with Crippen LogP contribution >= 0.6 is 0 Å². The average molecular weight is 271 g/mol. The number of benzene rings is 1. The molecule has 2 rings (SSSR count). The highest BCUT2D eigenvalue weighted by molar-refractivity contribution is 5.89. The van der Waals surface area contributed by atoms with Crippen LogP contribution in [0.4, 0.5) is 5.82 Å². The van der Waals surface area contributed by atoms with Crippen molar-refractivity contribution in [1.82, 2.24) is 9.97 Å². The van der Waals surface area contributed by atoms with Crippen molar-refractivity contribution in [2.24, 2.45) is 0 Å². The third-order valence-electron chi connectivity index (χ3n) is 3.58. The van der Waals surface area contributed by atoms with Crippen molar-refractivity contribution in [2.45, 2.75) is 46.5 Å². The van der Waals surface area contributed by atoms with Crippen molar-refractivity contribution >= 4 is 16.7 Å². The lowest BCUT2D eigenvalue weighted by Crippen LogP contribution is -2.25. The predicted octanol–water partition coefficient (Wildman–Crippen LogP) is 4.38. The molecule has 0 saturated carbocycles. The summed E-state index contributed by atoms with van der Waals surface area (Å²) in [6.07, 6.45) is 2.40. The molecule has 108 valence electrons. The Bertz CT molecular complexity index is 563. The van der Waals surface area contributed by atoms with Crippen LogP contribution in [-0.2, 0) is 0 Å². The summed E-state index contributed by atoms with van der Waals surface area (Å²) in [6.45, 7) is 10.8. The number of unbranched alkanes of at least 4 members (excludes halogenated alkanes) is 1. The van der Waals surface area contributed by atoms with E-state index in [1.807, 2.05) is 6.07 Å². The summed E-state index contributed by atoms with van der Waals surface area (Å²) in [6, 6.07) is 8.33. The van der Waals surface area contributed by atoms with E-state index >= 15 is 0 Å². The predicted molar refractivity (Wildman–Crippen MR) is 86.4 cm³/mol. The third-order valence-corrected chi connectivity index (χ3v) is 3.58. The molecule has 1 aromatic carbocycles. The summed E-state index contributed by atoms with van der Waals surface area (Å²) in [4.78, 5) is 11.9. The number of anilines is 1. The van der Waals surface area contributed by atoms with Gasteiger partial charge in [-0.1, -0.05) is 39.3 Å². The maximum atomic E-state index is 4.84. The van der Waals surface area contributed by atoms with Crippen LogP contribution in [0.5, 0.6) is 0 Å². The van der Waals surface area contributed by atoms with Crippen LogP contribution in [0.3, 0.4) is 0 Å². The van der Waals surface area contributed by atoms with Gasteiger partial charge < -0.3 is 4.90 Å². The number of hydrogen-bond donors (Lipinski definition) is 0. The minimum absolute atomic E-state index is 0.350. The summed E-state index contributed by atoms with van der Waals surface area (Å²) in [5, 5.41) is 1.16. The normalized spacial score (nSPS) is 11.2. The van der Waals surface area contributed by atoms with Crippen LogP contribution in [0.25, 0.3) is 10.9 Å². The van der Waals surface area contributed by atoms with E-state index in [0.717, 1.165) is 35.6 Å². The summed E-state index contributed by atoms with van der Waals surface area (Å²) < 4.78 is 0. The fourth-order valence-electron chi connectivity index (χ4n) is 2.34. The highest BCUT2D eigenvalue weighted by Gasteiger charge is 2.14. The van der Waals surface area contributed by atoms with Crippen molar-refractivity contribution in [3.63, 3.8) is 0 Å². The lowest BCUT2D eigenvalue weighted by atomic mass is 10.1. The Morgan fingerprint density at radius 1 is 1.10 bits per heavy atom. The maximum Gasteiger partial charge on any atom is 0.140 e. The van der Waals surface area contributed by atoms with E-state index in [0.29, 0.717) is 5.92 Å². The van der Waals surface area contributed by atoms with Crippen molar-refractivity contribution in [3.8, 4) is 0 Å². The number of hydrogen-bond acceptors (Lipinski definition) is 3. The molecule has 3 heteroatoms. The van der Waals surface area contributed by atoms with Gasteiger partial charge in [-0.2, -0.15) is 0 Å². The van der Waals surface area contributed by atoms with Crippen molar-refractivity contribution in [3.05, 3.63) is 30.1 Å². The van der Waals surface area contributed by atoms with Crippen LogP contribution in [0.2, 0.25) is 0 Å². The Morgan fingerprint density at radius 3 is 2.50 bits per heavy atom. The van der Waals surface area contributed by atoms with Gasteiger partial charge in [-0.15, -0.1) is 0 Å². The molecule has 1 aromatic heterocycles. The van der Waals surface area contributed by atoms with Gasteiger partial charge in [0.05, 0.1) is 5.52 Å². The molecule has 0 aliphatic rings. The molecular formula is C17H25N3. The van der Waals surface area contributed by atoms with Gasteiger partial charge in [-0.05, 0) is 25.5 Å². The third kappa shape index (κ3) is 3.09. The van der Waals surface area contributed by atoms with E-state index < -0.39 is 0 Å². The smallest absolute Gasteiger partial charge is 0.140 e. The van der Waals surface area contributed by atoms with Crippen molar-refractivity contribution < 1.29 is 0 Å². The minimum atomic E-state index is 0.350. The van der Waals surface area contributed by atoms with E-state index in [1.54, 1.807) is 0 Å². The van der Waals surface area contributed by atoms with Crippen LogP contribution in [0.15, 0.2) is 24.3 Å². The zero-order valence-electron chi connectivity index (χ0n) is 13.1. The van der Waals surface area contributed by atoms with Crippen LogP contribution in [-0.4, -0.2) is 23.1 Å². The lowest BCUT2D eigenvalue weighted by Gasteiger charge is -2.24. The zero-order valence-corrected chi connectivity index (χ0v) is 13.1. The number of para-hydroxylation sites is 1. The van der Waals surface area contributed by atoms with Gasteiger partial charge in [0.15, 0.2) is 0 Å². The highest BCUT2D eigenvalue weighted by atomic mass is 15.2.